The van der Waals surface area contributed by atoms with Crippen LogP contribution in [0.5, 0.6) is 5.75 Å². The van der Waals surface area contributed by atoms with E-state index in [1.165, 1.54) is 6.07 Å². The molecule has 0 atom stereocenters. The number of nitrogens with zero attached hydrogens (tertiary/aromatic N) is 3. The van der Waals surface area contributed by atoms with Crippen LogP contribution in [0.1, 0.15) is 18.4 Å². The quantitative estimate of drug-likeness (QED) is 0.674. The van der Waals surface area contributed by atoms with Gasteiger partial charge in [-0.25, -0.2) is 0 Å². The van der Waals surface area contributed by atoms with Gasteiger partial charge in [0.1, 0.15) is 11.4 Å². The number of aromatic hydroxyl groups is 1. The predicted octanol–water partition coefficient (Wildman–Crippen LogP) is 4.53. The molecular weight excluding hydrogens is 381 g/mol. The number of piperidine rings is 1. The van der Waals surface area contributed by atoms with Crippen LogP contribution in [0.25, 0.3) is 22.0 Å². The van der Waals surface area contributed by atoms with Crippen molar-refractivity contribution in [3.8, 4) is 17.0 Å². The van der Waals surface area contributed by atoms with Gasteiger partial charge in [0.25, 0.3) is 0 Å². The zero-order valence-corrected chi connectivity index (χ0v) is 15.9. The number of fused-ring (bicyclic) bond motifs is 1. The van der Waals surface area contributed by atoms with Gasteiger partial charge in [-0.05, 0) is 51.2 Å². The Morgan fingerprint density at radius 2 is 1.72 bits per heavy atom. The molecule has 5 nitrogen and oxygen atoms in total. The van der Waals surface area contributed by atoms with Crippen LogP contribution in [0, 0.1) is 0 Å². The smallest absolute Gasteiger partial charge is 0.416 e. The minimum Gasteiger partial charge on any atom is -0.507 e. The molecular formula is C21H21F3N4O. The highest BCUT2D eigenvalue weighted by Crippen LogP contribution is 2.38. The average Bonchev–Trinajstić information content (AvgIpc) is 2.69. The molecule has 2 aromatic carbocycles. The summed E-state index contributed by atoms with van der Waals surface area (Å²) in [5.74, 6) is 0.167. The molecule has 29 heavy (non-hydrogen) atoms. The van der Waals surface area contributed by atoms with Crippen LogP contribution in [0.4, 0.5) is 19.0 Å². The number of halogens is 3. The monoisotopic (exact) mass is 402 g/mol. The Bertz CT molecular complexity index is 1030. The third-order valence-electron chi connectivity index (χ3n) is 5.33. The van der Waals surface area contributed by atoms with E-state index in [9.17, 15) is 18.3 Å². The molecule has 1 fully saturated rings. The third kappa shape index (κ3) is 3.98. The molecule has 8 heteroatoms. The molecule has 0 spiro atoms. The van der Waals surface area contributed by atoms with Crippen molar-refractivity contribution in [2.24, 2.45) is 0 Å². The van der Waals surface area contributed by atoms with Crippen molar-refractivity contribution in [3.05, 3.63) is 48.0 Å². The van der Waals surface area contributed by atoms with E-state index in [0.29, 0.717) is 16.9 Å². The maximum atomic E-state index is 12.9. The van der Waals surface area contributed by atoms with Gasteiger partial charge in [-0.2, -0.15) is 13.2 Å². The Balaban J connectivity index is 1.72. The highest BCUT2D eigenvalue weighted by molar-refractivity contribution is 6.00. The van der Waals surface area contributed by atoms with Gasteiger partial charge in [0.05, 0.1) is 5.56 Å². The predicted molar refractivity (Wildman–Crippen MR) is 106 cm³/mol. The molecule has 0 saturated carbocycles. The molecule has 4 rings (SSSR count). The highest BCUT2D eigenvalue weighted by Gasteiger charge is 2.31. The molecule has 152 valence electrons. The van der Waals surface area contributed by atoms with Crippen LogP contribution in [0.2, 0.25) is 0 Å². The average molecular weight is 402 g/mol. The number of nitrogens with one attached hydrogen (secondary N) is 1. The fourth-order valence-corrected chi connectivity index (χ4v) is 3.66. The van der Waals surface area contributed by atoms with E-state index in [1.54, 1.807) is 0 Å². The van der Waals surface area contributed by atoms with Crippen LogP contribution in [-0.4, -0.2) is 46.4 Å². The summed E-state index contributed by atoms with van der Waals surface area (Å²) in [4.78, 5) is 2.28. The zero-order chi connectivity index (χ0) is 20.6. The largest absolute Gasteiger partial charge is 0.507 e. The molecule has 1 aliphatic rings. The van der Waals surface area contributed by atoms with Gasteiger partial charge >= 0.3 is 6.18 Å². The number of benzene rings is 2. The lowest BCUT2D eigenvalue weighted by molar-refractivity contribution is -0.137. The fraction of sp³-hybridized carbons (Fsp3) is 0.333. The Morgan fingerprint density at radius 1 is 1.03 bits per heavy atom. The van der Waals surface area contributed by atoms with E-state index >= 15 is 0 Å². The Kier molecular flexibility index (Phi) is 5.04. The van der Waals surface area contributed by atoms with Gasteiger partial charge in [0, 0.05) is 22.4 Å². The Labute approximate surface area is 166 Å². The molecule has 1 aromatic heterocycles. The number of aromatic nitrogens is 2. The number of hydrogen-bond donors (Lipinski definition) is 2. The first-order valence-electron chi connectivity index (χ1n) is 9.44. The number of phenols is 1. The first kappa shape index (κ1) is 19.4. The van der Waals surface area contributed by atoms with Gasteiger partial charge in [0.15, 0.2) is 5.82 Å². The summed E-state index contributed by atoms with van der Waals surface area (Å²) in [5.41, 5.74) is -0.343. The van der Waals surface area contributed by atoms with E-state index in [4.69, 9.17) is 0 Å². The number of anilines is 1. The van der Waals surface area contributed by atoms with Crippen molar-refractivity contribution in [2.75, 3.05) is 25.5 Å². The van der Waals surface area contributed by atoms with Gasteiger partial charge in [-0.1, -0.05) is 24.3 Å². The van der Waals surface area contributed by atoms with E-state index in [1.807, 2.05) is 24.3 Å². The maximum Gasteiger partial charge on any atom is 0.416 e. The lowest BCUT2D eigenvalue weighted by Gasteiger charge is -2.30. The molecule has 0 amide bonds. The van der Waals surface area contributed by atoms with Crippen LogP contribution in [-0.2, 0) is 6.18 Å². The molecule has 0 radical (unpaired) electrons. The summed E-state index contributed by atoms with van der Waals surface area (Å²) in [6, 6.07) is 10.6. The SMILES string of the molecule is CN1CCC(Nc2nnc(-c3ccc(C(F)(F)F)cc3O)c3ccccc23)CC1. The highest BCUT2D eigenvalue weighted by atomic mass is 19.4. The maximum absolute atomic E-state index is 12.9. The van der Waals surface area contributed by atoms with Crippen molar-refractivity contribution in [2.45, 2.75) is 25.1 Å². The van der Waals surface area contributed by atoms with Gasteiger partial charge < -0.3 is 15.3 Å². The summed E-state index contributed by atoms with van der Waals surface area (Å²) < 4.78 is 38.7. The van der Waals surface area contributed by atoms with Gasteiger partial charge in [-0.15, -0.1) is 10.2 Å². The molecule has 2 heterocycles. The molecule has 3 aromatic rings. The summed E-state index contributed by atoms with van der Waals surface area (Å²) in [5, 5.41) is 23.8. The summed E-state index contributed by atoms with van der Waals surface area (Å²) in [6.07, 6.45) is -2.53. The minimum absolute atomic E-state index is 0.215. The normalized spacial score (nSPS) is 16.3. The Morgan fingerprint density at radius 3 is 2.38 bits per heavy atom. The van der Waals surface area contributed by atoms with Crippen LogP contribution >= 0.6 is 0 Å². The third-order valence-corrected chi connectivity index (χ3v) is 5.33. The molecule has 0 unspecified atom stereocenters. The van der Waals surface area contributed by atoms with E-state index in [2.05, 4.69) is 27.5 Å². The molecule has 1 saturated heterocycles. The van der Waals surface area contributed by atoms with E-state index in [0.717, 1.165) is 43.5 Å². The fourth-order valence-electron chi connectivity index (χ4n) is 3.66. The van der Waals surface area contributed by atoms with Crippen molar-refractivity contribution in [1.29, 1.82) is 0 Å². The van der Waals surface area contributed by atoms with Crippen molar-refractivity contribution >= 4 is 16.6 Å². The lowest BCUT2D eigenvalue weighted by Crippen LogP contribution is -2.37. The van der Waals surface area contributed by atoms with Crippen molar-refractivity contribution in [3.63, 3.8) is 0 Å². The molecule has 0 bridgehead atoms. The van der Waals surface area contributed by atoms with Crippen LogP contribution < -0.4 is 5.32 Å². The zero-order valence-electron chi connectivity index (χ0n) is 15.9. The number of hydrogen-bond acceptors (Lipinski definition) is 5. The van der Waals surface area contributed by atoms with Crippen molar-refractivity contribution < 1.29 is 18.3 Å². The number of alkyl halides is 3. The first-order chi connectivity index (χ1) is 13.8. The van der Waals surface area contributed by atoms with Gasteiger partial charge in [-0.3, -0.25) is 0 Å². The minimum atomic E-state index is -4.52. The second-order valence-electron chi connectivity index (χ2n) is 7.39. The lowest BCUT2D eigenvalue weighted by atomic mass is 10.0. The van der Waals surface area contributed by atoms with Crippen LogP contribution in [0.15, 0.2) is 42.5 Å². The first-order valence-corrected chi connectivity index (χ1v) is 9.44. The topological polar surface area (TPSA) is 61.3 Å². The summed E-state index contributed by atoms with van der Waals surface area (Å²) in [7, 11) is 2.09. The van der Waals surface area contributed by atoms with E-state index < -0.39 is 17.5 Å². The van der Waals surface area contributed by atoms with E-state index in [-0.39, 0.29) is 11.6 Å². The summed E-state index contributed by atoms with van der Waals surface area (Å²) in [6.45, 7) is 2.00. The van der Waals surface area contributed by atoms with Crippen LogP contribution in [0.3, 0.4) is 0 Å². The van der Waals surface area contributed by atoms with Gasteiger partial charge in [0.2, 0.25) is 0 Å². The second-order valence-corrected chi connectivity index (χ2v) is 7.39. The number of rotatable bonds is 3. The molecule has 2 N–H and O–H groups in total. The van der Waals surface area contributed by atoms with Crippen molar-refractivity contribution in [1.82, 2.24) is 15.1 Å². The Hall–Kier alpha value is -2.87. The molecule has 0 aliphatic carbocycles. The number of phenolic OH excluding ortho intramolecular Hbond substituents is 1. The standard InChI is InChI=1S/C21H21F3N4O/c1-28-10-8-14(9-11-28)25-20-16-5-3-2-4-15(16)19(26-27-20)17-7-6-13(12-18(17)29)21(22,23)24/h2-7,12,14,29H,8-11H2,1H3,(H,25,27). The number of likely N-dealkylation sites (tertiary alicyclic amines) is 1. The summed E-state index contributed by atoms with van der Waals surface area (Å²) >= 11 is 0. The molecule has 1 aliphatic heterocycles. The second kappa shape index (κ2) is 7.51.